The SMILES string of the molecule is [O-2].[O-]c1ccccc1C=NCCCN=Cc1ccccc1[O-].[V+4]. The summed E-state index contributed by atoms with van der Waals surface area (Å²) in [5, 5.41) is 22.9. The van der Waals surface area contributed by atoms with Crippen LogP contribution < -0.4 is 10.2 Å². The first-order chi connectivity index (χ1) is 10.3. The second-order valence-electron chi connectivity index (χ2n) is 4.50. The molecule has 0 saturated carbocycles. The maximum Gasteiger partial charge on any atom is 4.00 e. The Morgan fingerprint density at radius 1 is 0.739 bits per heavy atom. The third kappa shape index (κ3) is 7.15. The zero-order valence-electron chi connectivity index (χ0n) is 12.5. The standard InChI is InChI=1S/C17H18N2O2.O.V/c20-16-8-3-1-6-14(16)12-18-10-5-11-19-13-15-7-2-4-9-17(15)21;;/h1-4,6-9,12-13,20-21H,5,10-11H2;;/q;-2;+4/p-2. The topological polar surface area (TPSA) is 99.3 Å². The van der Waals surface area contributed by atoms with E-state index in [0.29, 0.717) is 24.2 Å². The fraction of sp³-hybridized carbons (Fsp3) is 0.176. The smallest absolute Gasteiger partial charge is 2.00 e. The van der Waals surface area contributed by atoms with Gasteiger partial charge in [0.25, 0.3) is 0 Å². The van der Waals surface area contributed by atoms with Gasteiger partial charge in [-0.2, -0.15) is 0 Å². The van der Waals surface area contributed by atoms with E-state index in [1.54, 1.807) is 36.7 Å². The number of hydrogen-bond acceptors (Lipinski definition) is 4. The van der Waals surface area contributed by atoms with Crippen LogP contribution in [-0.4, -0.2) is 25.5 Å². The fourth-order valence-corrected chi connectivity index (χ4v) is 1.75. The minimum Gasteiger partial charge on any atom is -2.00 e. The molecule has 117 valence electrons. The van der Waals surface area contributed by atoms with E-state index in [1.807, 2.05) is 12.1 Å². The van der Waals surface area contributed by atoms with Crippen LogP contribution in [0.25, 0.3) is 0 Å². The summed E-state index contributed by atoms with van der Waals surface area (Å²) in [4.78, 5) is 8.41. The van der Waals surface area contributed by atoms with E-state index >= 15 is 0 Å². The van der Waals surface area contributed by atoms with Crippen molar-refractivity contribution < 1.29 is 34.2 Å². The van der Waals surface area contributed by atoms with Gasteiger partial charge in [-0.05, 0) is 17.5 Å². The number of nitrogens with zero attached hydrogens (tertiary/aromatic N) is 2. The number of aliphatic imine (C=N–C) groups is 2. The maximum absolute atomic E-state index is 11.4. The number of benzene rings is 2. The van der Waals surface area contributed by atoms with E-state index < -0.39 is 0 Å². The Morgan fingerprint density at radius 2 is 1.13 bits per heavy atom. The molecule has 0 saturated heterocycles. The van der Waals surface area contributed by atoms with E-state index in [9.17, 15) is 10.2 Å². The molecular formula is C17H16N2O3V. The van der Waals surface area contributed by atoms with Crippen LogP contribution in [0.1, 0.15) is 17.5 Å². The van der Waals surface area contributed by atoms with Gasteiger partial charge < -0.3 is 15.7 Å². The van der Waals surface area contributed by atoms with Crippen molar-refractivity contribution in [3.8, 4) is 11.5 Å². The van der Waals surface area contributed by atoms with E-state index in [0.717, 1.165) is 6.42 Å². The van der Waals surface area contributed by atoms with Crippen molar-refractivity contribution in [2.24, 2.45) is 9.98 Å². The molecule has 5 nitrogen and oxygen atoms in total. The average molecular weight is 347 g/mol. The summed E-state index contributed by atoms with van der Waals surface area (Å²) in [5.41, 5.74) is 1.20. The zero-order valence-corrected chi connectivity index (χ0v) is 13.9. The maximum atomic E-state index is 11.4. The van der Waals surface area contributed by atoms with Crippen molar-refractivity contribution in [3.63, 3.8) is 0 Å². The van der Waals surface area contributed by atoms with Crippen LogP contribution in [0.15, 0.2) is 58.5 Å². The number of para-hydroxylation sites is 2. The molecule has 0 aliphatic carbocycles. The fourth-order valence-electron chi connectivity index (χ4n) is 1.75. The molecule has 0 atom stereocenters. The monoisotopic (exact) mass is 347 g/mol. The predicted molar refractivity (Wildman–Crippen MR) is 82.0 cm³/mol. The molecule has 1 radical (unpaired) electrons. The van der Waals surface area contributed by atoms with Crippen molar-refractivity contribution in [1.29, 1.82) is 0 Å². The third-order valence-corrected chi connectivity index (χ3v) is 2.87. The van der Waals surface area contributed by atoms with Gasteiger partial charge >= 0.3 is 18.6 Å². The van der Waals surface area contributed by atoms with Crippen LogP contribution in [0.2, 0.25) is 0 Å². The molecular weight excluding hydrogens is 331 g/mol. The Kier molecular flexibility index (Phi) is 10.4. The summed E-state index contributed by atoms with van der Waals surface area (Å²) >= 11 is 0. The Balaban J connectivity index is 0.00000242. The molecule has 0 unspecified atom stereocenters. The third-order valence-electron chi connectivity index (χ3n) is 2.87. The van der Waals surface area contributed by atoms with E-state index in [4.69, 9.17) is 0 Å². The minimum atomic E-state index is -0.0219. The van der Waals surface area contributed by atoms with Gasteiger partial charge in [0.2, 0.25) is 0 Å². The molecule has 0 aromatic heterocycles. The van der Waals surface area contributed by atoms with Crippen molar-refractivity contribution >= 4 is 12.4 Å². The first kappa shape index (κ1) is 20.9. The zero-order chi connectivity index (χ0) is 14.9. The molecule has 0 aliphatic rings. The summed E-state index contributed by atoms with van der Waals surface area (Å²) in [6, 6.07) is 13.6. The Morgan fingerprint density at radius 3 is 1.52 bits per heavy atom. The van der Waals surface area contributed by atoms with Gasteiger partial charge in [-0.25, -0.2) is 0 Å². The van der Waals surface area contributed by atoms with Crippen LogP contribution in [-0.2, 0) is 24.0 Å². The summed E-state index contributed by atoms with van der Waals surface area (Å²) < 4.78 is 0. The number of hydrogen-bond donors (Lipinski definition) is 0. The van der Waals surface area contributed by atoms with Gasteiger partial charge in [-0.15, -0.1) is 11.5 Å². The quantitative estimate of drug-likeness (QED) is 0.586. The Labute approximate surface area is 147 Å². The van der Waals surface area contributed by atoms with Crippen LogP contribution >= 0.6 is 0 Å². The molecule has 0 N–H and O–H groups in total. The van der Waals surface area contributed by atoms with Gasteiger partial charge in [0.05, 0.1) is 0 Å². The minimum absolute atomic E-state index is 0. The van der Waals surface area contributed by atoms with Crippen molar-refractivity contribution in [2.45, 2.75) is 6.42 Å². The van der Waals surface area contributed by atoms with Gasteiger partial charge in [-0.3, -0.25) is 9.98 Å². The van der Waals surface area contributed by atoms with Gasteiger partial charge in [-0.1, -0.05) is 48.5 Å². The van der Waals surface area contributed by atoms with Gasteiger partial charge in [0.15, 0.2) is 0 Å². The summed E-state index contributed by atoms with van der Waals surface area (Å²) in [5.74, 6) is -0.0438. The second kappa shape index (κ2) is 11.5. The van der Waals surface area contributed by atoms with E-state index in [2.05, 4.69) is 9.98 Å². The Hall–Kier alpha value is -2.08. The first-order valence-electron chi connectivity index (χ1n) is 6.79. The number of rotatable bonds is 6. The van der Waals surface area contributed by atoms with Crippen LogP contribution in [0, 0.1) is 0 Å². The predicted octanol–water partition coefficient (Wildman–Crippen LogP) is 1.64. The molecule has 0 heterocycles. The summed E-state index contributed by atoms with van der Waals surface area (Å²) in [7, 11) is 0. The largest absolute Gasteiger partial charge is 4.00 e. The summed E-state index contributed by atoms with van der Waals surface area (Å²) in [6.45, 7) is 1.20. The van der Waals surface area contributed by atoms with Crippen LogP contribution in [0.5, 0.6) is 11.5 Å². The molecule has 6 heteroatoms. The molecule has 0 bridgehead atoms. The molecule has 0 aliphatic heterocycles. The molecule has 2 aromatic rings. The summed E-state index contributed by atoms with van der Waals surface area (Å²) in [6.07, 6.45) is 3.97. The van der Waals surface area contributed by atoms with Crippen LogP contribution in [0.4, 0.5) is 0 Å². The molecule has 2 aromatic carbocycles. The Bertz CT molecular complexity index is 590. The van der Waals surface area contributed by atoms with Crippen molar-refractivity contribution in [2.75, 3.05) is 13.1 Å². The molecule has 23 heavy (non-hydrogen) atoms. The van der Waals surface area contributed by atoms with Crippen LogP contribution in [0.3, 0.4) is 0 Å². The molecule has 0 fully saturated rings. The average Bonchev–Trinajstić information content (AvgIpc) is 2.50. The van der Waals surface area contributed by atoms with Crippen molar-refractivity contribution in [1.82, 2.24) is 0 Å². The molecule has 0 amide bonds. The van der Waals surface area contributed by atoms with Crippen molar-refractivity contribution in [3.05, 3.63) is 59.7 Å². The normalized spacial score (nSPS) is 10.4. The van der Waals surface area contributed by atoms with Gasteiger partial charge in [0.1, 0.15) is 0 Å². The van der Waals surface area contributed by atoms with Gasteiger partial charge in [0, 0.05) is 25.5 Å². The van der Waals surface area contributed by atoms with E-state index in [1.165, 1.54) is 12.1 Å². The van der Waals surface area contributed by atoms with E-state index in [-0.39, 0.29) is 35.5 Å². The second-order valence-corrected chi connectivity index (χ2v) is 4.50. The first-order valence-corrected chi connectivity index (χ1v) is 6.79. The molecule has 0 spiro atoms. The molecule has 2 rings (SSSR count).